The number of fused-ring (bicyclic) bond motifs is 1. The predicted octanol–water partition coefficient (Wildman–Crippen LogP) is 4.26. The van der Waals surface area contributed by atoms with Crippen molar-refractivity contribution in [2.24, 2.45) is 0 Å². The molecule has 3 rings (SSSR count). The molecular formula is C19H21NO. The molecule has 0 atom stereocenters. The third-order valence-electron chi connectivity index (χ3n) is 4.29. The van der Waals surface area contributed by atoms with E-state index in [9.17, 15) is 0 Å². The van der Waals surface area contributed by atoms with Crippen LogP contribution in [-0.4, -0.2) is 19.1 Å². The Morgan fingerprint density at radius 1 is 1.05 bits per heavy atom. The molecule has 0 amide bonds. The minimum atomic E-state index is 0.873. The molecule has 2 aromatic carbocycles. The SMILES string of the molecule is COc1cccc2c1CN(C)C(c1ccc(C)c(C)c1)=C2. The molecule has 0 radical (unpaired) electrons. The summed E-state index contributed by atoms with van der Waals surface area (Å²) < 4.78 is 5.48. The molecule has 0 saturated heterocycles. The van der Waals surface area contributed by atoms with Gasteiger partial charge in [-0.3, -0.25) is 0 Å². The Morgan fingerprint density at radius 3 is 2.57 bits per heavy atom. The van der Waals surface area contributed by atoms with E-state index in [0.717, 1.165) is 12.3 Å². The standard InChI is InChI=1S/C19H21NO/c1-13-8-9-16(10-14(13)2)18-11-15-6-5-7-19(21-4)17(15)12-20(18)3/h5-11H,12H2,1-4H3. The lowest BCUT2D eigenvalue weighted by Crippen LogP contribution is -2.21. The van der Waals surface area contributed by atoms with E-state index >= 15 is 0 Å². The van der Waals surface area contributed by atoms with Crippen LogP contribution in [0.3, 0.4) is 0 Å². The number of ether oxygens (including phenoxy) is 1. The van der Waals surface area contributed by atoms with Crippen molar-refractivity contribution in [3.05, 3.63) is 64.2 Å². The van der Waals surface area contributed by atoms with Crippen molar-refractivity contribution in [2.45, 2.75) is 20.4 Å². The highest BCUT2D eigenvalue weighted by Gasteiger charge is 2.19. The number of hydrogen-bond donors (Lipinski definition) is 0. The summed E-state index contributed by atoms with van der Waals surface area (Å²) in [6.45, 7) is 5.19. The van der Waals surface area contributed by atoms with Crippen molar-refractivity contribution in [1.82, 2.24) is 4.90 Å². The van der Waals surface area contributed by atoms with Gasteiger partial charge in [0.1, 0.15) is 5.75 Å². The van der Waals surface area contributed by atoms with Crippen molar-refractivity contribution in [2.75, 3.05) is 14.2 Å². The number of hydrogen-bond acceptors (Lipinski definition) is 2. The first-order chi connectivity index (χ1) is 10.1. The Balaban J connectivity index is 2.10. The van der Waals surface area contributed by atoms with Gasteiger partial charge in [0, 0.05) is 24.9 Å². The Labute approximate surface area is 126 Å². The van der Waals surface area contributed by atoms with Crippen LogP contribution >= 0.6 is 0 Å². The van der Waals surface area contributed by atoms with Gasteiger partial charge in [0.25, 0.3) is 0 Å². The number of aryl methyl sites for hydroxylation is 2. The van der Waals surface area contributed by atoms with Gasteiger partial charge in [-0.05, 0) is 54.3 Å². The van der Waals surface area contributed by atoms with Gasteiger partial charge < -0.3 is 9.64 Å². The van der Waals surface area contributed by atoms with Crippen LogP contribution in [-0.2, 0) is 6.54 Å². The molecule has 21 heavy (non-hydrogen) atoms. The molecule has 1 aliphatic rings. The van der Waals surface area contributed by atoms with Crippen LogP contribution < -0.4 is 4.74 Å². The highest BCUT2D eigenvalue weighted by molar-refractivity contribution is 5.84. The van der Waals surface area contributed by atoms with E-state index in [2.05, 4.69) is 62.2 Å². The first-order valence-electron chi connectivity index (χ1n) is 7.26. The van der Waals surface area contributed by atoms with Gasteiger partial charge in [0.15, 0.2) is 0 Å². The molecule has 0 bridgehead atoms. The van der Waals surface area contributed by atoms with Gasteiger partial charge in [-0.1, -0.05) is 24.3 Å². The van der Waals surface area contributed by atoms with E-state index < -0.39 is 0 Å². The second kappa shape index (κ2) is 5.28. The number of benzene rings is 2. The summed E-state index contributed by atoms with van der Waals surface area (Å²) in [4.78, 5) is 2.29. The molecule has 0 fully saturated rings. The average Bonchev–Trinajstić information content (AvgIpc) is 2.49. The molecular weight excluding hydrogens is 258 g/mol. The van der Waals surface area contributed by atoms with Crippen LogP contribution in [0.1, 0.15) is 27.8 Å². The molecule has 0 N–H and O–H groups in total. The fraction of sp³-hybridized carbons (Fsp3) is 0.263. The minimum Gasteiger partial charge on any atom is -0.496 e. The van der Waals surface area contributed by atoms with Crippen molar-refractivity contribution in [3.63, 3.8) is 0 Å². The number of nitrogens with zero attached hydrogens (tertiary/aromatic N) is 1. The summed E-state index contributed by atoms with van der Waals surface area (Å²) in [5.74, 6) is 0.967. The maximum Gasteiger partial charge on any atom is 0.124 e. The quantitative estimate of drug-likeness (QED) is 0.814. The van der Waals surface area contributed by atoms with Crippen LogP contribution in [0.2, 0.25) is 0 Å². The zero-order chi connectivity index (χ0) is 15.0. The third kappa shape index (κ3) is 2.42. The summed E-state index contributed by atoms with van der Waals surface area (Å²) in [5, 5.41) is 0. The monoisotopic (exact) mass is 279 g/mol. The maximum absolute atomic E-state index is 5.48. The molecule has 0 saturated carbocycles. The molecule has 108 valence electrons. The van der Waals surface area contributed by atoms with E-state index in [4.69, 9.17) is 4.74 Å². The number of methoxy groups -OCH3 is 1. The summed E-state index contributed by atoms with van der Waals surface area (Å²) in [6.07, 6.45) is 2.26. The molecule has 0 aromatic heterocycles. The summed E-state index contributed by atoms with van der Waals surface area (Å²) in [5.41, 5.74) is 7.71. The fourth-order valence-corrected chi connectivity index (χ4v) is 2.86. The summed E-state index contributed by atoms with van der Waals surface area (Å²) in [7, 11) is 3.87. The molecule has 1 aliphatic heterocycles. The zero-order valence-corrected chi connectivity index (χ0v) is 13.1. The second-order valence-corrected chi connectivity index (χ2v) is 5.71. The van der Waals surface area contributed by atoms with Crippen LogP contribution in [0.5, 0.6) is 5.75 Å². The molecule has 1 heterocycles. The van der Waals surface area contributed by atoms with Gasteiger partial charge in [-0.25, -0.2) is 0 Å². The van der Waals surface area contributed by atoms with Gasteiger partial charge in [-0.15, -0.1) is 0 Å². The smallest absolute Gasteiger partial charge is 0.124 e. The van der Waals surface area contributed by atoms with Gasteiger partial charge in [0.2, 0.25) is 0 Å². The van der Waals surface area contributed by atoms with E-state index in [1.807, 2.05) is 6.07 Å². The highest BCUT2D eigenvalue weighted by atomic mass is 16.5. The first-order valence-corrected chi connectivity index (χ1v) is 7.26. The van der Waals surface area contributed by atoms with E-state index in [1.165, 1.54) is 33.5 Å². The second-order valence-electron chi connectivity index (χ2n) is 5.71. The van der Waals surface area contributed by atoms with E-state index in [0.29, 0.717) is 0 Å². The summed E-state index contributed by atoms with van der Waals surface area (Å²) in [6, 6.07) is 12.9. The zero-order valence-electron chi connectivity index (χ0n) is 13.1. The lowest BCUT2D eigenvalue weighted by Gasteiger charge is -2.29. The van der Waals surface area contributed by atoms with Crippen molar-refractivity contribution in [1.29, 1.82) is 0 Å². The van der Waals surface area contributed by atoms with Gasteiger partial charge >= 0.3 is 0 Å². The van der Waals surface area contributed by atoms with Gasteiger partial charge in [-0.2, -0.15) is 0 Å². The van der Waals surface area contributed by atoms with E-state index in [-0.39, 0.29) is 0 Å². The van der Waals surface area contributed by atoms with Crippen molar-refractivity contribution < 1.29 is 4.74 Å². The van der Waals surface area contributed by atoms with Crippen molar-refractivity contribution >= 4 is 11.8 Å². The topological polar surface area (TPSA) is 12.5 Å². The Morgan fingerprint density at radius 2 is 1.86 bits per heavy atom. The Kier molecular flexibility index (Phi) is 3.46. The Hall–Kier alpha value is -2.22. The summed E-state index contributed by atoms with van der Waals surface area (Å²) >= 11 is 0. The molecule has 2 nitrogen and oxygen atoms in total. The largest absolute Gasteiger partial charge is 0.496 e. The van der Waals surface area contributed by atoms with Crippen LogP contribution in [0.15, 0.2) is 36.4 Å². The van der Waals surface area contributed by atoms with Gasteiger partial charge in [0.05, 0.1) is 7.11 Å². The molecule has 0 spiro atoms. The lowest BCUT2D eigenvalue weighted by atomic mass is 9.96. The molecule has 2 heteroatoms. The van der Waals surface area contributed by atoms with E-state index in [1.54, 1.807) is 7.11 Å². The lowest BCUT2D eigenvalue weighted by molar-refractivity contribution is 0.393. The maximum atomic E-state index is 5.48. The fourth-order valence-electron chi connectivity index (χ4n) is 2.86. The first kappa shape index (κ1) is 13.7. The average molecular weight is 279 g/mol. The molecule has 0 aliphatic carbocycles. The van der Waals surface area contributed by atoms with Crippen LogP contribution in [0.4, 0.5) is 0 Å². The van der Waals surface area contributed by atoms with Crippen LogP contribution in [0, 0.1) is 13.8 Å². The highest BCUT2D eigenvalue weighted by Crippen LogP contribution is 2.34. The minimum absolute atomic E-state index is 0.873. The van der Waals surface area contributed by atoms with Crippen LogP contribution in [0.25, 0.3) is 11.8 Å². The predicted molar refractivity (Wildman–Crippen MR) is 88.2 cm³/mol. The normalized spacial score (nSPS) is 13.7. The number of rotatable bonds is 2. The molecule has 0 unspecified atom stereocenters. The molecule has 2 aromatic rings. The van der Waals surface area contributed by atoms with Crippen molar-refractivity contribution in [3.8, 4) is 5.75 Å². The Bertz CT molecular complexity index is 716. The third-order valence-corrected chi connectivity index (χ3v) is 4.29.